The van der Waals surface area contributed by atoms with E-state index < -0.39 is 0 Å². The molecule has 7 nitrogen and oxygen atoms in total. The van der Waals surface area contributed by atoms with Crippen LogP contribution in [0.1, 0.15) is 75.6 Å². The van der Waals surface area contributed by atoms with Crippen molar-refractivity contribution >= 4 is 17.3 Å². The molecule has 2 bridgehead atoms. The van der Waals surface area contributed by atoms with Gasteiger partial charge < -0.3 is 20.4 Å². The molecular formula is C31H43N7. The van der Waals surface area contributed by atoms with Crippen molar-refractivity contribution in [2.24, 2.45) is 5.73 Å². The van der Waals surface area contributed by atoms with Gasteiger partial charge in [0.2, 0.25) is 0 Å². The summed E-state index contributed by atoms with van der Waals surface area (Å²) in [6.07, 6.45) is 9.44. The maximum Gasteiger partial charge on any atom is 0.160 e. The van der Waals surface area contributed by atoms with Gasteiger partial charge in [-0.1, -0.05) is 63.1 Å². The topological polar surface area (TPSA) is 65.9 Å². The zero-order chi connectivity index (χ0) is 26.3. The second kappa shape index (κ2) is 10.3. The van der Waals surface area contributed by atoms with Gasteiger partial charge in [0.05, 0.1) is 11.7 Å². The van der Waals surface area contributed by atoms with Gasteiger partial charge in [-0.3, -0.25) is 0 Å². The van der Waals surface area contributed by atoms with E-state index in [4.69, 9.17) is 22.4 Å². The Kier molecular flexibility index (Phi) is 6.81. The van der Waals surface area contributed by atoms with Gasteiger partial charge in [0, 0.05) is 62.5 Å². The summed E-state index contributed by atoms with van der Waals surface area (Å²) in [6, 6.07) is 15.9. The van der Waals surface area contributed by atoms with E-state index in [0.717, 1.165) is 68.4 Å². The Hall–Kier alpha value is -3.06. The first kappa shape index (κ1) is 25.2. The van der Waals surface area contributed by atoms with E-state index in [1.807, 2.05) is 0 Å². The third-order valence-corrected chi connectivity index (χ3v) is 9.20. The second-order valence-electron chi connectivity index (χ2n) is 11.9. The van der Waals surface area contributed by atoms with E-state index in [1.165, 1.54) is 43.4 Å². The number of nitrogens with two attached hydrogens (primary N) is 1. The number of hydrogen-bond donors (Lipinski definition) is 1. The molecule has 6 rings (SSSR count). The largest absolute Gasteiger partial charge is 0.366 e. The molecular weight excluding hydrogens is 470 g/mol. The van der Waals surface area contributed by atoms with E-state index in [-0.39, 0.29) is 17.5 Å². The van der Waals surface area contributed by atoms with Gasteiger partial charge in [-0.15, -0.1) is 0 Å². The van der Waals surface area contributed by atoms with Crippen LogP contribution < -0.4 is 15.5 Å². The third kappa shape index (κ3) is 4.55. The highest BCUT2D eigenvalue weighted by molar-refractivity contribution is 5.60. The van der Waals surface area contributed by atoms with Gasteiger partial charge in [0.1, 0.15) is 11.6 Å². The molecule has 0 amide bonds. The molecule has 7 heteroatoms. The lowest BCUT2D eigenvalue weighted by Gasteiger charge is -2.45. The van der Waals surface area contributed by atoms with Crippen LogP contribution in [-0.2, 0) is 5.41 Å². The van der Waals surface area contributed by atoms with Crippen molar-refractivity contribution in [3.8, 4) is 0 Å². The summed E-state index contributed by atoms with van der Waals surface area (Å²) in [4.78, 5) is 12.3. The molecule has 38 heavy (non-hydrogen) atoms. The first-order valence-electron chi connectivity index (χ1n) is 14.6. The molecule has 5 heterocycles. The minimum absolute atomic E-state index is 0.0974. The summed E-state index contributed by atoms with van der Waals surface area (Å²) in [5, 5.41) is 5.24. The Morgan fingerprint density at radius 2 is 1.74 bits per heavy atom. The van der Waals surface area contributed by atoms with Crippen LogP contribution in [0.2, 0.25) is 0 Å². The number of anilines is 2. The standard InChI is InChI=1S/C31H43N7/c1-23-31(2,24-13-7-6-8-14-24)16-10-4-5-11-17-35(3)30-20-28(36-21-25(32)22-36)33-29-19-26(34-38(29)30)27-15-9-12-18-37(23)27/h6-8,13-14,19-20,25,27H,1,4-5,9-12,15-18,21-22,32H2,2-3H3. The number of allylic oxidation sites excluding steroid dienone is 1. The SMILES string of the molecule is C=C1N2CCCCC2c2cc3nc(N4CC(N)C4)cc(n3n2)N(C)CCCCCCC1(C)c1ccccc1. The Morgan fingerprint density at radius 1 is 0.974 bits per heavy atom. The minimum Gasteiger partial charge on any atom is -0.366 e. The van der Waals surface area contributed by atoms with Crippen molar-refractivity contribution in [2.75, 3.05) is 43.0 Å². The lowest BCUT2D eigenvalue weighted by atomic mass is 9.74. The number of piperidine rings is 1. The van der Waals surface area contributed by atoms with Crippen molar-refractivity contribution in [3.63, 3.8) is 0 Å². The van der Waals surface area contributed by atoms with Gasteiger partial charge in [0.25, 0.3) is 0 Å². The van der Waals surface area contributed by atoms with Crippen molar-refractivity contribution in [1.82, 2.24) is 19.5 Å². The summed E-state index contributed by atoms with van der Waals surface area (Å²) in [5.41, 5.74) is 10.7. The van der Waals surface area contributed by atoms with Crippen molar-refractivity contribution in [3.05, 3.63) is 66.0 Å². The first-order chi connectivity index (χ1) is 18.4. The summed E-state index contributed by atoms with van der Waals surface area (Å²) in [5.74, 6) is 2.12. The Bertz CT molecular complexity index is 1280. The zero-order valence-electron chi connectivity index (χ0n) is 23.1. The van der Waals surface area contributed by atoms with E-state index in [0.29, 0.717) is 0 Å². The number of hydrogen-bond acceptors (Lipinski definition) is 6. The molecule has 3 aliphatic rings. The fraction of sp³-hybridized carbons (Fsp3) is 0.548. The van der Waals surface area contributed by atoms with E-state index in [9.17, 15) is 0 Å². The fourth-order valence-electron chi connectivity index (χ4n) is 6.70. The maximum absolute atomic E-state index is 6.11. The van der Waals surface area contributed by atoms with Crippen LogP contribution >= 0.6 is 0 Å². The monoisotopic (exact) mass is 513 g/mol. The predicted molar refractivity (Wildman–Crippen MR) is 156 cm³/mol. The Balaban J connectivity index is 1.44. The lowest BCUT2D eigenvalue weighted by molar-refractivity contribution is 0.162. The number of nitrogens with zero attached hydrogens (tertiary/aromatic N) is 6. The number of rotatable bonds is 2. The molecule has 202 valence electrons. The molecule has 1 aromatic carbocycles. The highest BCUT2D eigenvalue weighted by Gasteiger charge is 2.38. The smallest absolute Gasteiger partial charge is 0.160 e. The molecule has 2 unspecified atom stereocenters. The zero-order valence-corrected chi connectivity index (χ0v) is 23.1. The highest BCUT2D eigenvalue weighted by atomic mass is 15.4. The lowest BCUT2D eigenvalue weighted by Crippen LogP contribution is -2.56. The molecule has 0 spiro atoms. The Morgan fingerprint density at radius 3 is 2.53 bits per heavy atom. The summed E-state index contributed by atoms with van der Waals surface area (Å²) >= 11 is 0. The van der Waals surface area contributed by atoms with E-state index in [1.54, 1.807) is 0 Å². The van der Waals surface area contributed by atoms with Crippen LogP contribution in [0.15, 0.2) is 54.7 Å². The predicted octanol–water partition coefficient (Wildman–Crippen LogP) is 5.28. The second-order valence-corrected chi connectivity index (χ2v) is 11.9. The average molecular weight is 514 g/mol. The van der Waals surface area contributed by atoms with Crippen molar-refractivity contribution in [1.29, 1.82) is 0 Å². The minimum atomic E-state index is -0.0974. The van der Waals surface area contributed by atoms with Crippen LogP contribution in [0, 0.1) is 0 Å². The Labute approximate surface area is 227 Å². The molecule has 2 saturated heterocycles. The molecule has 0 saturated carbocycles. The molecule has 0 radical (unpaired) electrons. The molecule has 3 aliphatic heterocycles. The molecule has 2 aromatic heterocycles. The highest BCUT2D eigenvalue weighted by Crippen LogP contribution is 2.44. The summed E-state index contributed by atoms with van der Waals surface area (Å²) in [7, 11) is 2.20. The van der Waals surface area contributed by atoms with Gasteiger partial charge in [-0.2, -0.15) is 9.61 Å². The van der Waals surface area contributed by atoms with Crippen LogP contribution in [-0.4, -0.2) is 58.8 Å². The number of benzene rings is 1. The molecule has 3 aromatic rings. The van der Waals surface area contributed by atoms with Crippen molar-refractivity contribution < 1.29 is 0 Å². The van der Waals surface area contributed by atoms with Gasteiger partial charge in [-0.25, -0.2) is 4.98 Å². The van der Waals surface area contributed by atoms with Crippen molar-refractivity contribution in [2.45, 2.75) is 75.8 Å². The molecule has 2 fully saturated rings. The molecule has 2 N–H and O–H groups in total. The van der Waals surface area contributed by atoms with Gasteiger partial charge >= 0.3 is 0 Å². The van der Waals surface area contributed by atoms with Gasteiger partial charge in [0.15, 0.2) is 5.65 Å². The molecule has 2 atom stereocenters. The fourth-order valence-corrected chi connectivity index (χ4v) is 6.70. The maximum atomic E-state index is 6.11. The van der Waals surface area contributed by atoms with Crippen LogP contribution in [0.3, 0.4) is 0 Å². The normalized spacial score (nSPS) is 25.7. The quantitative estimate of drug-likeness (QED) is 0.503. The summed E-state index contributed by atoms with van der Waals surface area (Å²) in [6.45, 7) is 11.0. The van der Waals surface area contributed by atoms with Gasteiger partial charge in [-0.05, 0) is 37.7 Å². The van der Waals surface area contributed by atoms with Crippen LogP contribution in [0.25, 0.3) is 5.65 Å². The third-order valence-electron chi connectivity index (χ3n) is 9.20. The molecule has 0 aliphatic carbocycles. The number of aromatic nitrogens is 3. The van der Waals surface area contributed by atoms with E-state index in [2.05, 4.69) is 75.7 Å². The van der Waals surface area contributed by atoms with E-state index >= 15 is 0 Å². The van der Waals surface area contributed by atoms with Crippen LogP contribution in [0.5, 0.6) is 0 Å². The van der Waals surface area contributed by atoms with Crippen LogP contribution in [0.4, 0.5) is 11.6 Å². The summed E-state index contributed by atoms with van der Waals surface area (Å²) < 4.78 is 2.07. The number of fused-ring (bicyclic) bond motifs is 3. The average Bonchev–Trinajstić information content (AvgIpc) is 3.36. The first-order valence-corrected chi connectivity index (χ1v) is 14.6.